The second-order valence-electron chi connectivity index (χ2n) is 6.85. The first-order valence-electron chi connectivity index (χ1n) is 7.00. The average Bonchev–Trinajstić information content (AvgIpc) is 2.56. The molecule has 0 aromatic rings. The van der Waals surface area contributed by atoms with E-state index in [2.05, 4.69) is 0 Å². The van der Waals surface area contributed by atoms with Crippen LogP contribution in [0, 0.1) is 0 Å². The Morgan fingerprint density at radius 1 is 1.00 bits per heavy atom. The topological polar surface area (TPSA) is 91.4 Å². The van der Waals surface area contributed by atoms with Crippen molar-refractivity contribution in [1.82, 2.24) is 5.06 Å². The number of amides is 1. The summed E-state index contributed by atoms with van der Waals surface area (Å²) in [7, 11) is 0. The molecular weight excluding hydrogens is 294 g/mol. The number of carbonyl (C=O) groups is 3. The fraction of sp³-hybridized carbons (Fsp3) is 0.786. The third-order valence-electron chi connectivity index (χ3n) is 2.30. The molecule has 0 radical (unpaired) electrons. The number of hydroxylamine groups is 2. The lowest BCUT2D eigenvalue weighted by molar-refractivity contribution is -0.208. The van der Waals surface area contributed by atoms with Crippen LogP contribution in [0.4, 0.5) is 9.59 Å². The van der Waals surface area contributed by atoms with E-state index in [9.17, 15) is 14.4 Å². The van der Waals surface area contributed by atoms with Gasteiger partial charge in [-0.3, -0.25) is 9.63 Å². The number of carbonyl (C=O) groups excluding carboxylic acids is 3. The van der Waals surface area contributed by atoms with Gasteiger partial charge in [0, 0.05) is 12.8 Å². The molecule has 0 aliphatic carbocycles. The second-order valence-corrected chi connectivity index (χ2v) is 6.85. The zero-order valence-electron chi connectivity index (χ0n) is 13.8. The zero-order valence-corrected chi connectivity index (χ0v) is 13.8. The predicted octanol–water partition coefficient (Wildman–Crippen LogP) is 2.75. The molecule has 1 atom stereocenters. The highest BCUT2D eigenvalue weighted by Crippen LogP contribution is 2.23. The Balaban J connectivity index is 2.62. The Bertz CT molecular complexity index is 447. The van der Waals surface area contributed by atoms with E-state index in [4.69, 9.17) is 19.0 Å². The van der Waals surface area contributed by atoms with Crippen molar-refractivity contribution in [2.24, 2.45) is 0 Å². The molecule has 8 heteroatoms. The normalized spacial score (nSPS) is 18.9. The second kappa shape index (κ2) is 6.41. The Labute approximate surface area is 129 Å². The highest BCUT2D eigenvalue weighted by atomic mass is 16.9. The number of rotatable bonds is 2. The van der Waals surface area contributed by atoms with Gasteiger partial charge in [0.05, 0.1) is 0 Å². The number of hydrogen-bond acceptors (Lipinski definition) is 7. The van der Waals surface area contributed by atoms with Crippen molar-refractivity contribution in [2.75, 3.05) is 0 Å². The summed E-state index contributed by atoms with van der Waals surface area (Å²) in [5.41, 5.74) is -1.49. The molecule has 0 saturated carbocycles. The van der Waals surface area contributed by atoms with Gasteiger partial charge < -0.3 is 14.2 Å². The largest absolute Gasteiger partial charge is 0.534 e. The average molecular weight is 317 g/mol. The van der Waals surface area contributed by atoms with Crippen LogP contribution in [0.1, 0.15) is 54.4 Å². The van der Waals surface area contributed by atoms with Gasteiger partial charge in [-0.2, -0.15) is 0 Å². The van der Waals surface area contributed by atoms with Crippen molar-refractivity contribution >= 4 is 18.2 Å². The minimum absolute atomic E-state index is 0.0935. The highest BCUT2D eigenvalue weighted by molar-refractivity contribution is 5.79. The quantitative estimate of drug-likeness (QED) is 0.723. The third-order valence-corrected chi connectivity index (χ3v) is 2.30. The van der Waals surface area contributed by atoms with Crippen molar-refractivity contribution in [3.63, 3.8) is 0 Å². The highest BCUT2D eigenvalue weighted by Gasteiger charge is 2.39. The Morgan fingerprint density at radius 3 is 2.00 bits per heavy atom. The van der Waals surface area contributed by atoms with E-state index in [1.807, 2.05) is 0 Å². The van der Waals surface area contributed by atoms with Gasteiger partial charge in [-0.05, 0) is 41.5 Å². The maximum absolute atomic E-state index is 11.7. The molecule has 22 heavy (non-hydrogen) atoms. The molecule has 1 aliphatic heterocycles. The summed E-state index contributed by atoms with van der Waals surface area (Å²) < 4.78 is 15.0. The maximum atomic E-state index is 11.7. The van der Waals surface area contributed by atoms with Gasteiger partial charge in [-0.15, -0.1) is 5.06 Å². The fourth-order valence-electron chi connectivity index (χ4n) is 1.59. The van der Waals surface area contributed by atoms with E-state index >= 15 is 0 Å². The van der Waals surface area contributed by atoms with Crippen LogP contribution in [0.2, 0.25) is 0 Å². The van der Waals surface area contributed by atoms with Gasteiger partial charge in [0.1, 0.15) is 11.2 Å². The fourth-order valence-corrected chi connectivity index (χ4v) is 1.59. The zero-order chi connectivity index (χ0) is 17.1. The molecule has 126 valence electrons. The van der Waals surface area contributed by atoms with Gasteiger partial charge in [0.15, 0.2) is 0 Å². The van der Waals surface area contributed by atoms with E-state index in [0.29, 0.717) is 5.06 Å². The summed E-state index contributed by atoms with van der Waals surface area (Å²) in [6.45, 7) is 10.0. The standard InChI is InChI=1S/C14H23NO7/c1-13(2,3)20-11(17)19-10-8-7-9(16)15(10)22-12(18)21-14(4,5)6/h10H,7-8H2,1-6H3/t10-/m0/s1. The third kappa shape index (κ3) is 6.19. The van der Waals surface area contributed by atoms with E-state index in [1.54, 1.807) is 41.5 Å². The first kappa shape index (κ1) is 18.1. The van der Waals surface area contributed by atoms with Crippen LogP contribution < -0.4 is 0 Å². The summed E-state index contributed by atoms with van der Waals surface area (Å²) in [5, 5.41) is 0.706. The van der Waals surface area contributed by atoms with Crippen LogP contribution in [-0.2, 0) is 23.8 Å². The van der Waals surface area contributed by atoms with Crippen LogP contribution >= 0.6 is 0 Å². The molecule has 0 spiro atoms. The lowest BCUT2D eigenvalue weighted by Crippen LogP contribution is -2.40. The van der Waals surface area contributed by atoms with Gasteiger partial charge in [-0.1, -0.05) is 0 Å². The number of hydrogen-bond donors (Lipinski definition) is 0. The van der Waals surface area contributed by atoms with Crippen LogP contribution in [0.25, 0.3) is 0 Å². The Morgan fingerprint density at radius 2 is 1.50 bits per heavy atom. The van der Waals surface area contributed by atoms with Gasteiger partial charge >= 0.3 is 12.3 Å². The van der Waals surface area contributed by atoms with Crippen molar-refractivity contribution < 1.29 is 33.4 Å². The van der Waals surface area contributed by atoms with Gasteiger partial charge in [-0.25, -0.2) is 9.59 Å². The van der Waals surface area contributed by atoms with Gasteiger partial charge in [0.25, 0.3) is 5.91 Å². The number of nitrogens with zero attached hydrogens (tertiary/aromatic N) is 1. The monoisotopic (exact) mass is 317 g/mol. The SMILES string of the molecule is CC(C)(C)OC(=O)O[C@H]1CCC(=O)N1OC(=O)OC(C)(C)C. The van der Waals surface area contributed by atoms with E-state index < -0.39 is 35.6 Å². The van der Waals surface area contributed by atoms with Gasteiger partial charge in [0.2, 0.25) is 6.23 Å². The molecule has 1 heterocycles. The summed E-state index contributed by atoms with van der Waals surface area (Å²) >= 11 is 0. The predicted molar refractivity (Wildman–Crippen MR) is 74.5 cm³/mol. The lowest BCUT2D eigenvalue weighted by atomic mass is 10.2. The molecule has 1 fully saturated rings. The first-order valence-corrected chi connectivity index (χ1v) is 7.00. The van der Waals surface area contributed by atoms with Crippen molar-refractivity contribution in [2.45, 2.75) is 71.8 Å². The van der Waals surface area contributed by atoms with Crippen LogP contribution in [0.15, 0.2) is 0 Å². The molecule has 0 unspecified atom stereocenters. The van der Waals surface area contributed by atoms with Crippen molar-refractivity contribution in [3.05, 3.63) is 0 Å². The number of ether oxygens (including phenoxy) is 3. The minimum Gasteiger partial charge on any atom is -0.429 e. The minimum atomic E-state index is -1.04. The smallest absolute Gasteiger partial charge is 0.429 e. The van der Waals surface area contributed by atoms with Crippen LogP contribution in [0.3, 0.4) is 0 Å². The molecule has 1 amide bonds. The van der Waals surface area contributed by atoms with Crippen LogP contribution in [-0.4, -0.2) is 40.7 Å². The van der Waals surface area contributed by atoms with E-state index in [1.165, 1.54) is 0 Å². The maximum Gasteiger partial charge on any atom is 0.534 e. The summed E-state index contributed by atoms with van der Waals surface area (Å²) in [4.78, 5) is 39.8. The molecular formula is C14H23NO7. The van der Waals surface area contributed by atoms with E-state index in [0.717, 1.165) is 0 Å². The first-order chi connectivity index (χ1) is 9.87. The molecule has 1 rings (SSSR count). The van der Waals surface area contributed by atoms with Crippen LogP contribution in [0.5, 0.6) is 0 Å². The summed E-state index contributed by atoms with van der Waals surface area (Å²) in [5.74, 6) is -0.473. The molecule has 1 saturated heterocycles. The summed E-state index contributed by atoms with van der Waals surface area (Å²) in [6.07, 6.45) is -2.70. The Kier molecular flexibility index (Phi) is 5.26. The lowest BCUT2D eigenvalue weighted by Gasteiger charge is -2.26. The molecule has 1 aliphatic rings. The van der Waals surface area contributed by atoms with E-state index in [-0.39, 0.29) is 12.8 Å². The van der Waals surface area contributed by atoms with Crippen molar-refractivity contribution in [1.29, 1.82) is 0 Å². The molecule has 0 bridgehead atoms. The molecule has 0 N–H and O–H groups in total. The molecule has 0 aromatic carbocycles. The molecule has 8 nitrogen and oxygen atoms in total. The molecule has 0 aromatic heterocycles. The summed E-state index contributed by atoms with van der Waals surface area (Å²) in [6, 6.07) is 0. The Hall–Kier alpha value is -1.99. The van der Waals surface area contributed by atoms with Crippen molar-refractivity contribution in [3.8, 4) is 0 Å².